The molecule has 1 atom stereocenters. The maximum Gasteiger partial charge on any atom is 0.257 e. The number of aryl methyl sites for hydroxylation is 1. The molecule has 1 N–H and O–H groups in total. The van der Waals surface area contributed by atoms with Gasteiger partial charge in [0, 0.05) is 35.9 Å². The van der Waals surface area contributed by atoms with Gasteiger partial charge >= 0.3 is 0 Å². The molecule has 1 aliphatic carbocycles. The number of aromatic nitrogens is 1. The molecule has 140 valence electrons. The second kappa shape index (κ2) is 7.47. The Morgan fingerprint density at radius 3 is 2.48 bits per heavy atom. The Morgan fingerprint density at radius 1 is 1.07 bits per heavy atom. The number of carbonyl (C=O) groups is 1. The lowest BCUT2D eigenvalue weighted by Crippen LogP contribution is -2.18. The number of nitrogens with zero attached hydrogens (tertiary/aromatic N) is 2. The molecular formula is C23H27N3O. The summed E-state index contributed by atoms with van der Waals surface area (Å²) >= 11 is 0. The van der Waals surface area contributed by atoms with Crippen LogP contribution in [-0.4, -0.2) is 23.6 Å². The van der Waals surface area contributed by atoms with Crippen LogP contribution < -0.4 is 10.2 Å². The van der Waals surface area contributed by atoms with Gasteiger partial charge < -0.3 is 14.8 Å². The Bertz CT molecular complexity index is 883. The molecule has 0 spiro atoms. The molecule has 4 heteroatoms. The third-order valence-corrected chi connectivity index (χ3v) is 5.62. The van der Waals surface area contributed by atoms with E-state index in [-0.39, 0.29) is 11.9 Å². The number of amides is 1. The molecule has 0 bridgehead atoms. The molecule has 1 aliphatic heterocycles. The first-order chi connectivity index (χ1) is 13.1. The summed E-state index contributed by atoms with van der Waals surface area (Å²) in [7, 11) is 0. The molecule has 2 aliphatic rings. The van der Waals surface area contributed by atoms with Crippen molar-refractivity contribution in [3.8, 4) is 0 Å². The molecule has 1 amide bonds. The first-order valence-corrected chi connectivity index (χ1v) is 9.81. The molecule has 1 unspecified atom stereocenters. The number of hydrogen-bond donors (Lipinski definition) is 1. The largest absolute Gasteiger partial charge is 0.372 e. The van der Waals surface area contributed by atoms with Crippen molar-refractivity contribution in [1.29, 1.82) is 0 Å². The molecular weight excluding hydrogens is 334 g/mol. The minimum Gasteiger partial charge on any atom is -0.372 e. The van der Waals surface area contributed by atoms with Gasteiger partial charge in [-0.2, -0.15) is 0 Å². The Labute approximate surface area is 161 Å². The predicted molar refractivity (Wildman–Crippen MR) is 112 cm³/mol. The lowest BCUT2D eigenvalue weighted by molar-refractivity contribution is 0.102. The third-order valence-electron chi connectivity index (χ3n) is 5.62. The summed E-state index contributed by atoms with van der Waals surface area (Å²) in [6, 6.07) is 10.5. The van der Waals surface area contributed by atoms with Gasteiger partial charge in [0.05, 0.1) is 11.6 Å². The van der Waals surface area contributed by atoms with Gasteiger partial charge in [-0.1, -0.05) is 24.3 Å². The van der Waals surface area contributed by atoms with Crippen LogP contribution in [0.4, 0.5) is 11.4 Å². The summed E-state index contributed by atoms with van der Waals surface area (Å²) < 4.78 is 2.26. The van der Waals surface area contributed by atoms with Gasteiger partial charge in [0.2, 0.25) is 0 Å². The van der Waals surface area contributed by atoms with Gasteiger partial charge in [-0.15, -0.1) is 0 Å². The van der Waals surface area contributed by atoms with Gasteiger partial charge in [-0.05, 0) is 63.4 Å². The number of rotatable bonds is 4. The van der Waals surface area contributed by atoms with Crippen molar-refractivity contribution in [3.05, 3.63) is 71.6 Å². The molecule has 0 radical (unpaired) electrons. The van der Waals surface area contributed by atoms with E-state index in [1.165, 1.54) is 18.5 Å². The second-order valence-electron chi connectivity index (χ2n) is 7.47. The lowest BCUT2D eigenvalue weighted by atomic mass is 10.1. The number of allylic oxidation sites excluding steroid dienone is 4. The molecule has 1 aromatic heterocycles. The minimum absolute atomic E-state index is 0.0430. The van der Waals surface area contributed by atoms with E-state index in [9.17, 15) is 4.79 Å². The van der Waals surface area contributed by atoms with Crippen molar-refractivity contribution < 1.29 is 4.79 Å². The molecule has 1 aromatic carbocycles. The van der Waals surface area contributed by atoms with Crippen molar-refractivity contribution in [3.63, 3.8) is 0 Å². The number of anilines is 2. The summed E-state index contributed by atoms with van der Waals surface area (Å²) in [6.07, 6.45) is 12.0. The van der Waals surface area contributed by atoms with Gasteiger partial charge in [-0.25, -0.2) is 0 Å². The lowest BCUT2D eigenvalue weighted by Gasteiger charge is -2.20. The van der Waals surface area contributed by atoms with E-state index < -0.39 is 0 Å². The van der Waals surface area contributed by atoms with Crippen LogP contribution >= 0.6 is 0 Å². The highest BCUT2D eigenvalue weighted by Gasteiger charge is 2.20. The summed E-state index contributed by atoms with van der Waals surface area (Å²) in [5.74, 6) is -0.0430. The zero-order valence-corrected chi connectivity index (χ0v) is 16.1. The van der Waals surface area contributed by atoms with E-state index in [0.29, 0.717) is 0 Å². The van der Waals surface area contributed by atoms with Crippen molar-refractivity contribution in [2.24, 2.45) is 0 Å². The first kappa shape index (κ1) is 17.7. The first-order valence-electron chi connectivity index (χ1n) is 9.81. The smallest absolute Gasteiger partial charge is 0.257 e. The maximum atomic E-state index is 12.9. The van der Waals surface area contributed by atoms with E-state index in [1.807, 2.05) is 25.1 Å². The van der Waals surface area contributed by atoms with E-state index in [2.05, 4.69) is 58.1 Å². The van der Waals surface area contributed by atoms with E-state index in [1.54, 1.807) is 0 Å². The van der Waals surface area contributed by atoms with Crippen LogP contribution in [-0.2, 0) is 0 Å². The summed E-state index contributed by atoms with van der Waals surface area (Å²) in [4.78, 5) is 15.3. The van der Waals surface area contributed by atoms with E-state index >= 15 is 0 Å². The second-order valence-corrected chi connectivity index (χ2v) is 7.47. The number of benzene rings is 1. The molecule has 27 heavy (non-hydrogen) atoms. The van der Waals surface area contributed by atoms with Gasteiger partial charge in [0.1, 0.15) is 0 Å². The Hall–Kier alpha value is -2.75. The summed E-state index contributed by atoms with van der Waals surface area (Å²) in [5, 5.41) is 3.06. The number of hydrogen-bond acceptors (Lipinski definition) is 2. The fraction of sp³-hybridized carbons (Fsp3) is 0.348. The molecule has 1 fully saturated rings. The van der Waals surface area contributed by atoms with Crippen molar-refractivity contribution in [1.82, 2.24) is 4.57 Å². The normalized spacial score (nSPS) is 18.9. The van der Waals surface area contributed by atoms with Crippen LogP contribution in [0.15, 0.2) is 54.6 Å². The van der Waals surface area contributed by atoms with Gasteiger partial charge in [0.15, 0.2) is 0 Å². The maximum absolute atomic E-state index is 12.9. The fourth-order valence-electron chi connectivity index (χ4n) is 4.21. The van der Waals surface area contributed by atoms with Crippen molar-refractivity contribution in [2.75, 3.05) is 23.3 Å². The minimum atomic E-state index is -0.0430. The zero-order chi connectivity index (χ0) is 18.8. The molecule has 4 nitrogen and oxygen atoms in total. The van der Waals surface area contributed by atoms with E-state index in [0.717, 1.165) is 42.1 Å². The summed E-state index contributed by atoms with van der Waals surface area (Å²) in [6.45, 7) is 6.36. The molecule has 4 rings (SSSR count). The van der Waals surface area contributed by atoms with Gasteiger partial charge in [0.25, 0.3) is 5.91 Å². The predicted octanol–water partition coefficient (Wildman–Crippen LogP) is 5.01. The van der Waals surface area contributed by atoms with Crippen LogP contribution in [0, 0.1) is 13.8 Å². The van der Waals surface area contributed by atoms with Crippen LogP contribution in [0.25, 0.3) is 0 Å². The highest BCUT2D eigenvalue weighted by molar-refractivity contribution is 6.05. The van der Waals surface area contributed by atoms with Crippen molar-refractivity contribution >= 4 is 17.3 Å². The SMILES string of the molecule is Cc1cc(C(=O)Nc2ccc(N3CCCC3)cc2)c(C)n1C1C=CC=CC1. The third kappa shape index (κ3) is 3.57. The standard InChI is InChI=1S/C23H27N3O/c1-17-16-22(18(2)26(17)21-8-4-3-5-9-21)23(27)24-19-10-12-20(13-11-19)25-14-6-7-15-25/h3-5,8,10-13,16,21H,6-7,9,14-15H2,1-2H3,(H,24,27). The quantitative estimate of drug-likeness (QED) is 0.831. The van der Waals surface area contributed by atoms with Crippen LogP contribution in [0.2, 0.25) is 0 Å². The molecule has 0 saturated carbocycles. The monoisotopic (exact) mass is 361 g/mol. The molecule has 1 saturated heterocycles. The topological polar surface area (TPSA) is 37.3 Å². The average Bonchev–Trinajstić information content (AvgIpc) is 3.31. The van der Waals surface area contributed by atoms with Gasteiger partial charge in [-0.3, -0.25) is 4.79 Å². The van der Waals surface area contributed by atoms with Crippen LogP contribution in [0.1, 0.15) is 47.1 Å². The highest BCUT2D eigenvalue weighted by Crippen LogP contribution is 2.27. The summed E-state index contributed by atoms with van der Waals surface area (Å²) in [5.41, 5.74) is 4.96. The van der Waals surface area contributed by atoms with E-state index in [4.69, 9.17) is 0 Å². The van der Waals surface area contributed by atoms with Crippen LogP contribution in [0.3, 0.4) is 0 Å². The zero-order valence-electron chi connectivity index (χ0n) is 16.1. The van der Waals surface area contributed by atoms with Crippen molar-refractivity contribution in [2.45, 2.75) is 39.2 Å². The number of carbonyl (C=O) groups excluding carboxylic acids is 1. The fourth-order valence-corrected chi connectivity index (χ4v) is 4.21. The average molecular weight is 361 g/mol. The molecule has 2 heterocycles. The van der Waals surface area contributed by atoms with Crippen LogP contribution in [0.5, 0.6) is 0 Å². The highest BCUT2D eigenvalue weighted by atomic mass is 16.1. The Morgan fingerprint density at radius 2 is 1.81 bits per heavy atom. The Kier molecular flexibility index (Phi) is 4.88. The Balaban J connectivity index is 1.50. The number of nitrogens with one attached hydrogen (secondary N) is 1. The molecule has 2 aromatic rings.